The molecule has 2 aliphatic heterocycles. The second kappa shape index (κ2) is 33.3. The van der Waals surface area contributed by atoms with Crippen molar-refractivity contribution in [2.75, 3.05) is 11.5 Å². The third-order valence-electron chi connectivity index (χ3n) is 11.3. The predicted octanol–water partition coefficient (Wildman–Crippen LogP) is 5.91. The van der Waals surface area contributed by atoms with E-state index in [0.29, 0.717) is 30.8 Å². The topological polar surface area (TPSA) is 270 Å². The summed E-state index contributed by atoms with van der Waals surface area (Å²) in [7, 11) is 0. The Morgan fingerprint density at radius 1 is 0.684 bits per heavy atom. The molecule has 4 atom stereocenters. The van der Waals surface area contributed by atoms with Crippen molar-refractivity contribution in [1.82, 2.24) is 41.9 Å². The van der Waals surface area contributed by atoms with Crippen LogP contribution in [0.25, 0.3) is 0 Å². The van der Waals surface area contributed by atoms with Gasteiger partial charge in [-0.15, -0.1) is 0 Å². The van der Waals surface area contributed by atoms with Gasteiger partial charge in [0.1, 0.15) is 58.7 Å². The smallest absolute Gasteiger partial charge is 0.329 e. The molecule has 2 aliphatic rings. The summed E-state index contributed by atoms with van der Waals surface area (Å²) < 4.78 is 39.7. The first-order valence-electron chi connectivity index (χ1n) is 25.1. The van der Waals surface area contributed by atoms with Crippen molar-refractivity contribution >= 4 is 76.9 Å². The molecule has 0 fully saturated rings. The van der Waals surface area contributed by atoms with E-state index in [1.807, 2.05) is 0 Å². The molecule has 19 nitrogen and oxygen atoms in total. The van der Waals surface area contributed by atoms with Crippen molar-refractivity contribution in [3.05, 3.63) is 107 Å². The van der Waals surface area contributed by atoms with Gasteiger partial charge in [-0.05, 0) is 87.1 Å². The number of carbonyl (C=O) groups excluding carboxylic acids is 9. The lowest BCUT2D eigenvalue weighted by atomic mass is 10.0. The third-order valence-corrected chi connectivity index (χ3v) is 12.5. The number of unbranched alkanes of at least 4 members (excludes halogenated alkanes) is 3. The molecule has 6 amide bonds. The van der Waals surface area contributed by atoms with Gasteiger partial charge in [-0.1, -0.05) is 89.9 Å². The van der Waals surface area contributed by atoms with Crippen LogP contribution in [0.2, 0.25) is 0 Å². The van der Waals surface area contributed by atoms with E-state index in [1.165, 1.54) is 43.8 Å². The Bertz CT molecular complexity index is 2520. The molecule has 2 aromatic rings. The first kappa shape index (κ1) is 63.5. The van der Waals surface area contributed by atoms with Gasteiger partial charge < -0.3 is 41.4 Å². The van der Waals surface area contributed by atoms with Gasteiger partial charge in [0.15, 0.2) is 5.12 Å². The fourth-order valence-electron chi connectivity index (χ4n) is 6.99. The minimum atomic E-state index is -1.08. The Morgan fingerprint density at radius 2 is 1.13 bits per heavy atom. The zero-order valence-corrected chi connectivity index (χ0v) is 45.6. The number of nitrogens with one attached hydrogen (secondary N) is 6. The number of thiol groups is 1. The quantitative estimate of drug-likeness (QED) is 0.0382. The summed E-state index contributed by atoms with van der Waals surface area (Å²) in [6, 6.07) is 2.33. The standard InChI is InChI=1S/C30H41FN4O6S.C23H29FN4O5S/c1-5-7-8-9-13-26(37)42-16-11-10-12-20-17-25(36)32-18-24-21(31)14-15-23(33-24)29(39)34-22(6-2)28(38)35-27(19(3)4)30(40)41-20;1-4-16-21(30)28-20(13(2)3)23(32)33-14(7-5-6-10-34)11-19(29)25-12-18-15(24)8-9-17(26-18)22(31)27-16/h6,10,12,14-15,19-20,27H,5,7-9,11,13,16-18H2,1-4H3,(H,32,36)(H,34,39)(H,35,38);4-5,7-9,13-14,20,34H,6,10-12H2,1-3H3,(H,25,29)(H,27,31)(H,28,30)/b12-10+,22-6-;7-5+,16-4-/t20-,27+;14-,20+/m11/s1. The lowest BCUT2D eigenvalue weighted by Gasteiger charge is -2.24. The Kier molecular flexibility index (Phi) is 27.9. The number of aromatic nitrogens is 2. The van der Waals surface area contributed by atoms with Gasteiger partial charge >= 0.3 is 11.9 Å². The fourth-order valence-corrected chi connectivity index (χ4v) is 7.91. The predicted molar refractivity (Wildman–Crippen MR) is 285 cm³/mol. The number of nitrogens with zero attached hydrogens (tertiary/aromatic N) is 2. The van der Waals surface area contributed by atoms with Gasteiger partial charge in [0.2, 0.25) is 11.8 Å². The van der Waals surface area contributed by atoms with Crippen LogP contribution >= 0.6 is 24.4 Å². The monoisotopic (exact) mass is 1100 g/mol. The first-order chi connectivity index (χ1) is 36.2. The number of carbonyl (C=O) groups is 9. The van der Waals surface area contributed by atoms with Crippen molar-refractivity contribution in [2.24, 2.45) is 11.8 Å². The van der Waals surface area contributed by atoms with E-state index in [1.54, 1.807) is 52.0 Å². The summed E-state index contributed by atoms with van der Waals surface area (Å²) in [5, 5.41) is 15.2. The van der Waals surface area contributed by atoms with Crippen LogP contribution in [0.5, 0.6) is 0 Å². The van der Waals surface area contributed by atoms with E-state index in [2.05, 4.69) is 61.4 Å². The van der Waals surface area contributed by atoms with Crippen LogP contribution in [0, 0.1) is 23.5 Å². The van der Waals surface area contributed by atoms with Crippen LogP contribution in [-0.2, 0) is 56.1 Å². The van der Waals surface area contributed by atoms with Crippen molar-refractivity contribution in [2.45, 2.75) is 144 Å². The lowest BCUT2D eigenvalue weighted by Crippen LogP contribution is -2.48. The maximum absolute atomic E-state index is 14.4. The number of thioether (sulfide) groups is 1. The van der Waals surface area contributed by atoms with Gasteiger partial charge in [-0.3, -0.25) is 33.6 Å². The summed E-state index contributed by atoms with van der Waals surface area (Å²) in [6.07, 6.45) is 12.7. The normalized spacial score (nSPS) is 20.8. The van der Waals surface area contributed by atoms with Crippen LogP contribution in [0.4, 0.5) is 8.78 Å². The van der Waals surface area contributed by atoms with Crippen molar-refractivity contribution < 1.29 is 61.4 Å². The van der Waals surface area contributed by atoms with E-state index in [4.69, 9.17) is 9.47 Å². The highest BCUT2D eigenvalue weighted by Gasteiger charge is 2.32. The number of hydrogen-bond acceptors (Lipinski definition) is 15. The molecule has 0 saturated heterocycles. The molecule has 4 heterocycles. The van der Waals surface area contributed by atoms with Crippen LogP contribution in [0.15, 0.2) is 72.1 Å². The number of esters is 2. The largest absolute Gasteiger partial charge is 0.456 e. The van der Waals surface area contributed by atoms with Gasteiger partial charge in [-0.2, -0.15) is 12.6 Å². The molecule has 0 aliphatic carbocycles. The molecular formula is C53H70F2N8O11S2. The summed E-state index contributed by atoms with van der Waals surface area (Å²) in [5.41, 5.74) is -0.856. The summed E-state index contributed by atoms with van der Waals surface area (Å²) in [4.78, 5) is 122. The summed E-state index contributed by atoms with van der Waals surface area (Å²) in [6.45, 7) is 11.5. The number of hydrogen-bond donors (Lipinski definition) is 7. The number of halogens is 2. The Balaban J connectivity index is 0.000000409. The number of allylic oxidation sites excluding steroid dienone is 4. The Labute approximate surface area is 451 Å². The van der Waals surface area contributed by atoms with Gasteiger partial charge in [-0.25, -0.2) is 28.3 Å². The van der Waals surface area contributed by atoms with Crippen LogP contribution in [-0.4, -0.2) is 98.3 Å². The lowest BCUT2D eigenvalue weighted by molar-refractivity contribution is -0.153. The Hall–Kier alpha value is -6.75. The van der Waals surface area contributed by atoms with Crippen LogP contribution in [0.3, 0.4) is 0 Å². The Morgan fingerprint density at radius 3 is 1.54 bits per heavy atom. The molecule has 0 unspecified atom stereocenters. The number of ether oxygens (including phenoxy) is 2. The molecule has 0 radical (unpaired) electrons. The van der Waals surface area contributed by atoms with Gasteiger partial charge in [0.05, 0.1) is 37.3 Å². The summed E-state index contributed by atoms with van der Waals surface area (Å²) in [5.74, 6) is -6.55. The average molecular weight is 1100 g/mol. The molecule has 23 heteroatoms. The molecule has 2 aromatic heterocycles. The maximum Gasteiger partial charge on any atom is 0.329 e. The molecule has 76 heavy (non-hydrogen) atoms. The van der Waals surface area contributed by atoms with E-state index in [-0.39, 0.29) is 77.1 Å². The highest BCUT2D eigenvalue weighted by molar-refractivity contribution is 8.13. The molecule has 0 saturated carbocycles. The fraction of sp³-hybridized carbons (Fsp3) is 0.491. The molecule has 6 N–H and O–H groups in total. The van der Waals surface area contributed by atoms with E-state index in [9.17, 15) is 51.9 Å². The number of amides is 6. The van der Waals surface area contributed by atoms with Crippen molar-refractivity contribution in [3.63, 3.8) is 0 Å². The number of cyclic esters (lactones) is 2. The number of rotatable bonds is 14. The zero-order valence-electron chi connectivity index (χ0n) is 43.9. The molecule has 414 valence electrons. The molecule has 4 bridgehead atoms. The minimum absolute atomic E-state index is 0.109. The van der Waals surface area contributed by atoms with Crippen molar-refractivity contribution in [3.8, 4) is 0 Å². The van der Waals surface area contributed by atoms with E-state index in [0.717, 1.165) is 43.9 Å². The van der Waals surface area contributed by atoms with Crippen molar-refractivity contribution in [1.29, 1.82) is 0 Å². The second-order valence-corrected chi connectivity index (χ2v) is 19.7. The van der Waals surface area contributed by atoms with E-state index < -0.39 is 83.3 Å². The number of pyridine rings is 2. The SMILES string of the molecule is C/C=C1\NC(=O)c2ccc(F)c(n2)CNC(=O)C[C@@H](/C=C/CCS)OC(=O)[C@H](C(C)C)NC1=O.C/C=C1\NC(=O)c2ccc(F)c(n2)CNC(=O)C[C@@H](/C=C/CCSC(=O)CCCCCC)OC(=O)[C@H](C(C)C)NC1=O. The minimum Gasteiger partial charge on any atom is -0.456 e. The molecule has 4 rings (SSSR count). The zero-order chi connectivity index (χ0) is 56.3. The molecular weight excluding hydrogens is 1030 g/mol. The van der Waals surface area contributed by atoms with Crippen LogP contribution < -0.4 is 31.9 Å². The van der Waals surface area contributed by atoms with E-state index >= 15 is 0 Å². The average Bonchev–Trinajstić information content (AvgIpc) is 3.37. The maximum atomic E-state index is 14.4. The van der Waals surface area contributed by atoms with Gasteiger partial charge in [0.25, 0.3) is 23.6 Å². The van der Waals surface area contributed by atoms with Gasteiger partial charge in [0, 0.05) is 12.2 Å². The third kappa shape index (κ3) is 21.8. The first-order valence-corrected chi connectivity index (χ1v) is 26.7. The number of fused-ring (bicyclic) bond motifs is 4. The highest BCUT2D eigenvalue weighted by atomic mass is 32.2. The highest BCUT2D eigenvalue weighted by Crippen LogP contribution is 2.17. The second-order valence-electron chi connectivity index (χ2n) is 18.1. The van der Waals surface area contributed by atoms with Crippen LogP contribution in [0.1, 0.15) is 139 Å². The molecule has 0 aromatic carbocycles. The summed E-state index contributed by atoms with van der Waals surface area (Å²) >= 11 is 5.37. The molecule has 0 spiro atoms.